The number of pyridine rings is 1. The molecule has 1 heterocycles. The number of hydrogen-bond donors (Lipinski definition) is 2. The van der Waals surface area contributed by atoms with Gasteiger partial charge in [0.1, 0.15) is 17.7 Å². The van der Waals surface area contributed by atoms with Gasteiger partial charge in [-0.25, -0.2) is 4.39 Å². The molecule has 0 radical (unpaired) electrons. The summed E-state index contributed by atoms with van der Waals surface area (Å²) in [5.74, 6) is 0.175. The molecule has 0 bridgehead atoms. The molecule has 19 heavy (non-hydrogen) atoms. The van der Waals surface area contributed by atoms with Gasteiger partial charge in [0, 0.05) is 17.3 Å². The highest BCUT2D eigenvalue weighted by Crippen LogP contribution is 2.27. The van der Waals surface area contributed by atoms with Gasteiger partial charge in [-0.3, -0.25) is 4.98 Å². The zero-order valence-corrected chi connectivity index (χ0v) is 10.4. The topological polar surface area (TPSA) is 62.6 Å². The summed E-state index contributed by atoms with van der Waals surface area (Å²) in [6.45, 7) is -0.403. The maximum absolute atomic E-state index is 13.7. The first-order chi connectivity index (χ1) is 9.15. The molecule has 1 aromatic carbocycles. The molecular weight excluding hydrogens is 249 g/mol. The zero-order chi connectivity index (χ0) is 13.8. The van der Waals surface area contributed by atoms with Gasteiger partial charge >= 0.3 is 0 Å². The highest BCUT2D eigenvalue weighted by atomic mass is 19.1. The molecule has 0 fully saturated rings. The quantitative estimate of drug-likeness (QED) is 0.884. The summed E-state index contributed by atoms with van der Waals surface area (Å²) in [6, 6.07) is 7.63. The molecule has 0 spiro atoms. The monoisotopic (exact) mass is 263 g/mol. The van der Waals surface area contributed by atoms with Crippen LogP contribution in [0.15, 0.2) is 36.5 Å². The summed E-state index contributed by atoms with van der Waals surface area (Å²) in [5.41, 5.74) is 1.29. The summed E-state index contributed by atoms with van der Waals surface area (Å²) in [6.07, 6.45) is 0.427. The first-order valence-electron chi connectivity index (χ1n) is 5.74. The Balaban J connectivity index is 2.36. The van der Waals surface area contributed by atoms with E-state index >= 15 is 0 Å². The van der Waals surface area contributed by atoms with Gasteiger partial charge in [0.15, 0.2) is 0 Å². The van der Waals surface area contributed by atoms with Crippen LogP contribution in [0.25, 0.3) is 11.1 Å². The van der Waals surface area contributed by atoms with Crippen molar-refractivity contribution in [3.05, 3.63) is 48.0 Å². The van der Waals surface area contributed by atoms with Gasteiger partial charge in [-0.2, -0.15) is 0 Å². The molecular formula is C14H14FNO3. The minimum absolute atomic E-state index is 0.342. The Bertz CT molecular complexity index is 557. The number of methoxy groups -OCH3 is 1. The standard InChI is InChI=1S/C14H14FNO3/c1-19-10-3-4-12(15)11(6-10)9-2-5-13(16-7-9)14(18)8-17/h2-7,14,17-18H,8H2,1H3. The fraction of sp³-hybridized carbons (Fsp3) is 0.214. The second-order valence-corrected chi connectivity index (χ2v) is 4.02. The lowest BCUT2D eigenvalue weighted by Crippen LogP contribution is -2.04. The van der Waals surface area contributed by atoms with Crippen molar-refractivity contribution in [1.82, 2.24) is 4.98 Å². The summed E-state index contributed by atoms with van der Waals surface area (Å²) >= 11 is 0. The maximum Gasteiger partial charge on any atom is 0.131 e. The van der Waals surface area contributed by atoms with E-state index in [1.54, 1.807) is 18.2 Å². The Morgan fingerprint density at radius 1 is 1.32 bits per heavy atom. The van der Waals surface area contributed by atoms with Crippen LogP contribution >= 0.6 is 0 Å². The predicted molar refractivity (Wildman–Crippen MR) is 68.2 cm³/mol. The van der Waals surface area contributed by atoms with Crippen LogP contribution in [0, 0.1) is 5.82 Å². The van der Waals surface area contributed by atoms with Crippen LogP contribution in [0.1, 0.15) is 11.8 Å². The number of hydrogen-bond acceptors (Lipinski definition) is 4. The van der Waals surface area contributed by atoms with Gasteiger partial charge in [0.2, 0.25) is 0 Å². The van der Waals surface area contributed by atoms with Crippen LogP contribution in [-0.4, -0.2) is 28.9 Å². The van der Waals surface area contributed by atoms with Gasteiger partial charge in [0.25, 0.3) is 0 Å². The van der Waals surface area contributed by atoms with E-state index in [2.05, 4.69) is 4.98 Å². The molecule has 4 nitrogen and oxygen atoms in total. The number of aromatic nitrogens is 1. The maximum atomic E-state index is 13.7. The molecule has 2 rings (SSSR count). The Kier molecular flexibility index (Phi) is 4.09. The molecule has 0 amide bonds. The van der Waals surface area contributed by atoms with Crippen molar-refractivity contribution in [2.24, 2.45) is 0 Å². The van der Waals surface area contributed by atoms with Gasteiger partial charge in [0.05, 0.1) is 19.4 Å². The Morgan fingerprint density at radius 2 is 2.11 bits per heavy atom. The second-order valence-electron chi connectivity index (χ2n) is 4.02. The van der Waals surface area contributed by atoms with Crippen LogP contribution in [-0.2, 0) is 0 Å². The van der Waals surface area contributed by atoms with Crippen LogP contribution < -0.4 is 4.74 Å². The fourth-order valence-electron chi connectivity index (χ4n) is 1.71. The molecule has 1 unspecified atom stereocenters. The van der Waals surface area contributed by atoms with Gasteiger partial charge < -0.3 is 14.9 Å². The molecule has 0 aliphatic rings. The van der Waals surface area contributed by atoms with Crippen LogP contribution in [0.5, 0.6) is 5.75 Å². The smallest absolute Gasteiger partial charge is 0.131 e. The first kappa shape index (κ1) is 13.5. The summed E-state index contributed by atoms with van der Waals surface area (Å²) in [7, 11) is 1.51. The summed E-state index contributed by atoms with van der Waals surface area (Å²) in [4.78, 5) is 4.00. The molecule has 0 aliphatic heterocycles. The lowest BCUT2D eigenvalue weighted by molar-refractivity contribution is 0.0923. The van der Waals surface area contributed by atoms with Crippen molar-refractivity contribution in [2.45, 2.75) is 6.10 Å². The van der Waals surface area contributed by atoms with E-state index in [9.17, 15) is 9.50 Å². The van der Waals surface area contributed by atoms with E-state index in [0.717, 1.165) is 0 Å². The number of rotatable bonds is 4. The molecule has 0 saturated heterocycles. The van der Waals surface area contributed by atoms with Crippen LogP contribution in [0.2, 0.25) is 0 Å². The Morgan fingerprint density at radius 3 is 2.68 bits per heavy atom. The minimum Gasteiger partial charge on any atom is -0.497 e. The highest BCUT2D eigenvalue weighted by molar-refractivity contribution is 5.65. The third-order valence-corrected chi connectivity index (χ3v) is 2.79. The molecule has 1 atom stereocenters. The zero-order valence-electron chi connectivity index (χ0n) is 10.4. The van der Waals surface area contributed by atoms with E-state index in [0.29, 0.717) is 22.6 Å². The van der Waals surface area contributed by atoms with Gasteiger partial charge in [-0.1, -0.05) is 6.07 Å². The van der Waals surface area contributed by atoms with E-state index in [1.165, 1.54) is 25.4 Å². The average molecular weight is 263 g/mol. The van der Waals surface area contributed by atoms with Crippen molar-refractivity contribution in [3.8, 4) is 16.9 Å². The third-order valence-electron chi connectivity index (χ3n) is 2.79. The van der Waals surface area contributed by atoms with Crippen molar-refractivity contribution < 1.29 is 19.3 Å². The molecule has 0 saturated carbocycles. The van der Waals surface area contributed by atoms with Crippen molar-refractivity contribution in [2.75, 3.05) is 13.7 Å². The highest BCUT2D eigenvalue weighted by Gasteiger charge is 2.10. The lowest BCUT2D eigenvalue weighted by Gasteiger charge is -2.09. The number of nitrogens with zero attached hydrogens (tertiary/aromatic N) is 1. The number of aliphatic hydroxyl groups is 2. The van der Waals surface area contributed by atoms with E-state index < -0.39 is 12.7 Å². The molecule has 100 valence electrons. The first-order valence-corrected chi connectivity index (χ1v) is 5.74. The molecule has 0 aliphatic carbocycles. The number of aliphatic hydroxyl groups excluding tert-OH is 2. The number of ether oxygens (including phenoxy) is 1. The summed E-state index contributed by atoms with van der Waals surface area (Å²) < 4.78 is 18.8. The van der Waals surface area contributed by atoms with Crippen molar-refractivity contribution in [3.63, 3.8) is 0 Å². The predicted octanol–water partition coefficient (Wildman–Crippen LogP) is 1.92. The Labute approximate surface area is 110 Å². The Hall–Kier alpha value is -1.98. The second kappa shape index (κ2) is 5.77. The van der Waals surface area contributed by atoms with Crippen LogP contribution in [0.4, 0.5) is 4.39 Å². The average Bonchev–Trinajstić information content (AvgIpc) is 2.47. The van der Waals surface area contributed by atoms with Crippen LogP contribution in [0.3, 0.4) is 0 Å². The van der Waals surface area contributed by atoms with E-state index in [1.807, 2.05) is 0 Å². The van der Waals surface area contributed by atoms with E-state index in [-0.39, 0.29) is 5.82 Å². The lowest BCUT2D eigenvalue weighted by atomic mass is 10.1. The minimum atomic E-state index is -1.02. The SMILES string of the molecule is COc1ccc(F)c(-c2ccc(C(O)CO)nc2)c1. The molecule has 5 heteroatoms. The third kappa shape index (κ3) is 2.89. The number of halogens is 1. The van der Waals surface area contributed by atoms with Crippen molar-refractivity contribution >= 4 is 0 Å². The molecule has 2 N–H and O–H groups in total. The molecule has 2 aromatic rings. The normalized spacial score (nSPS) is 12.2. The van der Waals surface area contributed by atoms with Gasteiger partial charge in [-0.05, 0) is 24.3 Å². The fourth-order valence-corrected chi connectivity index (χ4v) is 1.71. The molecule has 1 aromatic heterocycles. The summed E-state index contributed by atoms with van der Waals surface area (Å²) in [5, 5.41) is 18.2. The number of benzene rings is 1. The largest absolute Gasteiger partial charge is 0.497 e. The van der Waals surface area contributed by atoms with Crippen molar-refractivity contribution in [1.29, 1.82) is 0 Å². The van der Waals surface area contributed by atoms with E-state index in [4.69, 9.17) is 9.84 Å². The van der Waals surface area contributed by atoms with Gasteiger partial charge in [-0.15, -0.1) is 0 Å².